The minimum atomic E-state index is -3.52. The molecular weight excluding hydrogens is 497 g/mol. The zero-order valence-electron chi connectivity index (χ0n) is 20.2. The van der Waals surface area contributed by atoms with Crippen molar-refractivity contribution < 1.29 is 31.5 Å². The van der Waals surface area contributed by atoms with E-state index in [2.05, 4.69) is 0 Å². The van der Waals surface area contributed by atoms with Crippen molar-refractivity contribution in [1.82, 2.24) is 0 Å². The molecule has 1 aliphatic rings. The van der Waals surface area contributed by atoms with Gasteiger partial charge in [0, 0.05) is 23.6 Å². The molecule has 9 heteroatoms. The molecule has 0 fully saturated rings. The molecule has 0 saturated carbocycles. The zero-order chi connectivity index (χ0) is 26.2. The van der Waals surface area contributed by atoms with Crippen LogP contribution in [-0.2, 0) is 14.8 Å². The van der Waals surface area contributed by atoms with Crippen LogP contribution in [0.3, 0.4) is 0 Å². The summed E-state index contributed by atoms with van der Waals surface area (Å²) in [6.45, 7) is 2.21. The number of carbonyl (C=O) groups excluding carboxylic acids is 1. The van der Waals surface area contributed by atoms with E-state index in [9.17, 15) is 17.6 Å². The molecular formula is C28H24FNO6S. The summed E-state index contributed by atoms with van der Waals surface area (Å²) in [4.78, 5) is 13.0. The van der Waals surface area contributed by atoms with E-state index in [1.807, 2.05) is 12.2 Å². The van der Waals surface area contributed by atoms with Gasteiger partial charge >= 0.3 is 5.97 Å². The van der Waals surface area contributed by atoms with Crippen LogP contribution >= 0.6 is 0 Å². The predicted molar refractivity (Wildman–Crippen MR) is 140 cm³/mol. The SMILES string of the molecule is CCOC(=O)c1c(-c2ccc(Oc3ccc(F)cc3)cc2)oc2cc3c(cc12)C=CCCN3S(C)(=O)=O. The molecule has 0 unspecified atom stereocenters. The molecule has 1 aliphatic heterocycles. The number of furan rings is 1. The second kappa shape index (κ2) is 9.74. The lowest BCUT2D eigenvalue weighted by atomic mass is 10.0. The van der Waals surface area contributed by atoms with Crippen LogP contribution < -0.4 is 9.04 Å². The number of hydrogen-bond donors (Lipinski definition) is 0. The molecule has 0 aliphatic carbocycles. The van der Waals surface area contributed by atoms with Gasteiger partial charge < -0.3 is 13.9 Å². The second-order valence-electron chi connectivity index (χ2n) is 8.54. The molecule has 0 spiro atoms. The lowest BCUT2D eigenvalue weighted by Gasteiger charge is -2.22. The number of sulfonamides is 1. The molecule has 0 bridgehead atoms. The number of anilines is 1. The van der Waals surface area contributed by atoms with Crippen LogP contribution in [0, 0.1) is 5.82 Å². The lowest BCUT2D eigenvalue weighted by molar-refractivity contribution is 0.0528. The number of hydrogen-bond acceptors (Lipinski definition) is 6. The fourth-order valence-corrected chi connectivity index (χ4v) is 5.24. The summed E-state index contributed by atoms with van der Waals surface area (Å²) in [5.41, 5.74) is 2.39. The van der Waals surface area contributed by atoms with Crippen LogP contribution in [0.1, 0.15) is 29.3 Å². The molecule has 37 heavy (non-hydrogen) atoms. The van der Waals surface area contributed by atoms with Crippen molar-refractivity contribution in [3.8, 4) is 22.8 Å². The summed E-state index contributed by atoms with van der Waals surface area (Å²) in [5.74, 6) is 0.406. The third-order valence-electron chi connectivity index (χ3n) is 5.95. The van der Waals surface area contributed by atoms with Crippen molar-refractivity contribution in [2.24, 2.45) is 0 Å². The predicted octanol–water partition coefficient (Wildman–Crippen LogP) is 6.39. The van der Waals surface area contributed by atoms with E-state index in [-0.39, 0.29) is 18.0 Å². The summed E-state index contributed by atoms with van der Waals surface area (Å²) in [5, 5.41) is 0.527. The van der Waals surface area contributed by atoms with Crippen molar-refractivity contribution >= 4 is 38.7 Å². The summed E-state index contributed by atoms with van der Waals surface area (Å²) in [6.07, 6.45) is 5.48. The minimum absolute atomic E-state index is 0.183. The molecule has 0 saturated heterocycles. The van der Waals surface area contributed by atoms with Crippen LogP contribution in [0.15, 0.2) is 71.2 Å². The van der Waals surface area contributed by atoms with E-state index in [4.69, 9.17) is 13.9 Å². The Morgan fingerprint density at radius 1 is 1.05 bits per heavy atom. The first kappa shape index (κ1) is 24.6. The maximum Gasteiger partial charge on any atom is 0.342 e. The topological polar surface area (TPSA) is 86.1 Å². The molecule has 4 aromatic rings. The summed E-state index contributed by atoms with van der Waals surface area (Å²) < 4.78 is 56.7. The number of nitrogens with zero attached hydrogens (tertiary/aromatic N) is 1. The quantitative estimate of drug-likeness (QED) is 0.273. The summed E-state index contributed by atoms with van der Waals surface area (Å²) >= 11 is 0. The normalized spacial score (nSPS) is 13.3. The fraction of sp³-hybridized carbons (Fsp3) is 0.179. The van der Waals surface area contributed by atoms with E-state index in [0.29, 0.717) is 58.0 Å². The molecule has 0 amide bonds. The third-order valence-corrected chi connectivity index (χ3v) is 7.13. The molecule has 7 nitrogen and oxygen atoms in total. The number of halogens is 1. The minimum Gasteiger partial charge on any atom is -0.462 e. The van der Waals surface area contributed by atoms with Gasteiger partial charge in [0.25, 0.3) is 0 Å². The highest BCUT2D eigenvalue weighted by Crippen LogP contribution is 2.40. The standard InChI is InChI=1S/C28H24FNO6S/c1-3-34-28(31)26-23-16-19-6-4-5-15-30(37(2,32)33)24(19)17-25(23)36-27(26)18-7-11-21(12-8-18)35-22-13-9-20(29)10-14-22/h4,6-14,16-17H,3,5,15H2,1-2H3. The Hall–Kier alpha value is -4.11. The highest BCUT2D eigenvalue weighted by molar-refractivity contribution is 7.92. The van der Waals surface area contributed by atoms with Gasteiger partial charge in [-0.3, -0.25) is 4.31 Å². The van der Waals surface area contributed by atoms with Crippen LogP contribution in [0.2, 0.25) is 0 Å². The molecule has 3 aromatic carbocycles. The van der Waals surface area contributed by atoms with Crippen LogP contribution in [-0.4, -0.2) is 33.8 Å². The third kappa shape index (κ3) is 4.95. The Labute approximate surface area is 213 Å². The van der Waals surface area contributed by atoms with Gasteiger partial charge in [-0.2, -0.15) is 0 Å². The number of carbonyl (C=O) groups is 1. The summed E-state index contributed by atoms with van der Waals surface area (Å²) in [6, 6.07) is 16.0. The van der Waals surface area contributed by atoms with Crippen LogP contribution in [0.25, 0.3) is 28.4 Å². The van der Waals surface area contributed by atoms with E-state index >= 15 is 0 Å². The largest absolute Gasteiger partial charge is 0.462 e. The second-order valence-corrected chi connectivity index (χ2v) is 10.4. The van der Waals surface area contributed by atoms with Gasteiger partial charge in [0.05, 0.1) is 18.6 Å². The number of fused-ring (bicyclic) bond motifs is 2. The van der Waals surface area contributed by atoms with E-state index in [0.717, 1.165) is 0 Å². The van der Waals surface area contributed by atoms with Crippen molar-refractivity contribution in [2.45, 2.75) is 13.3 Å². The number of ether oxygens (including phenoxy) is 2. The molecule has 2 heterocycles. The average molecular weight is 522 g/mol. The average Bonchev–Trinajstić information content (AvgIpc) is 3.09. The first-order valence-electron chi connectivity index (χ1n) is 11.7. The fourth-order valence-electron chi connectivity index (χ4n) is 4.29. The number of esters is 1. The lowest BCUT2D eigenvalue weighted by Crippen LogP contribution is -2.30. The Balaban J connectivity index is 1.60. The molecule has 1 aromatic heterocycles. The van der Waals surface area contributed by atoms with E-state index in [1.165, 1.54) is 34.8 Å². The first-order chi connectivity index (χ1) is 17.7. The Bertz CT molecular complexity index is 1610. The molecule has 190 valence electrons. The summed E-state index contributed by atoms with van der Waals surface area (Å²) in [7, 11) is -3.52. The van der Waals surface area contributed by atoms with Crippen molar-refractivity contribution in [2.75, 3.05) is 23.7 Å². The van der Waals surface area contributed by atoms with Crippen LogP contribution in [0.5, 0.6) is 11.5 Å². The Morgan fingerprint density at radius 3 is 2.38 bits per heavy atom. The van der Waals surface area contributed by atoms with Gasteiger partial charge in [0.15, 0.2) is 0 Å². The molecule has 0 N–H and O–H groups in total. The number of rotatable bonds is 6. The highest BCUT2D eigenvalue weighted by atomic mass is 32.2. The van der Waals surface area contributed by atoms with Gasteiger partial charge in [-0.05, 0) is 73.5 Å². The van der Waals surface area contributed by atoms with Gasteiger partial charge in [-0.1, -0.05) is 12.2 Å². The molecule has 0 radical (unpaired) electrons. The monoisotopic (exact) mass is 521 g/mol. The maximum atomic E-state index is 13.2. The van der Waals surface area contributed by atoms with Gasteiger partial charge in [-0.15, -0.1) is 0 Å². The smallest absolute Gasteiger partial charge is 0.342 e. The van der Waals surface area contributed by atoms with Crippen molar-refractivity contribution in [3.63, 3.8) is 0 Å². The van der Waals surface area contributed by atoms with Crippen molar-refractivity contribution in [3.05, 3.63) is 83.7 Å². The van der Waals surface area contributed by atoms with Crippen molar-refractivity contribution in [1.29, 1.82) is 0 Å². The maximum absolute atomic E-state index is 13.2. The molecule has 0 atom stereocenters. The van der Waals surface area contributed by atoms with E-state index < -0.39 is 16.0 Å². The molecule has 5 rings (SSSR count). The van der Waals surface area contributed by atoms with Gasteiger partial charge in [-0.25, -0.2) is 17.6 Å². The van der Waals surface area contributed by atoms with Crippen LogP contribution in [0.4, 0.5) is 10.1 Å². The highest BCUT2D eigenvalue weighted by Gasteiger charge is 2.27. The van der Waals surface area contributed by atoms with Gasteiger partial charge in [0.1, 0.15) is 34.2 Å². The Morgan fingerprint density at radius 2 is 1.73 bits per heavy atom. The zero-order valence-corrected chi connectivity index (χ0v) is 21.0. The van der Waals surface area contributed by atoms with Gasteiger partial charge in [0.2, 0.25) is 10.0 Å². The Kier molecular flexibility index (Phi) is 6.47. The van der Waals surface area contributed by atoms with E-state index in [1.54, 1.807) is 43.3 Å². The number of benzene rings is 3. The first-order valence-corrected chi connectivity index (χ1v) is 13.5.